The fourth-order valence-electron chi connectivity index (χ4n) is 2.32. The minimum absolute atomic E-state index is 0.162. The van der Waals surface area contributed by atoms with Crippen LogP contribution in [0.1, 0.15) is 24.1 Å². The SMILES string of the molecule is CC(=O)N1CCNCC1c1ccccc1C. The molecule has 3 heteroatoms. The van der Waals surface area contributed by atoms with Crippen molar-refractivity contribution in [1.29, 1.82) is 0 Å². The summed E-state index contributed by atoms with van der Waals surface area (Å²) in [5.74, 6) is 0.162. The Morgan fingerprint density at radius 2 is 2.19 bits per heavy atom. The molecule has 1 aromatic rings. The molecule has 1 aliphatic heterocycles. The van der Waals surface area contributed by atoms with Gasteiger partial charge in [0, 0.05) is 26.6 Å². The largest absolute Gasteiger partial charge is 0.333 e. The summed E-state index contributed by atoms with van der Waals surface area (Å²) in [4.78, 5) is 13.5. The summed E-state index contributed by atoms with van der Waals surface area (Å²) in [6, 6.07) is 8.47. The van der Waals surface area contributed by atoms with Gasteiger partial charge in [-0.25, -0.2) is 0 Å². The van der Waals surface area contributed by atoms with Gasteiger partial charge in [-0.1, -0.05) is 24.3 Å². The molecule has 1 N–H and O–H groups in total. The summed E-state index contributed by atoms with van der Waals surface area (Å²) in [7, 11) is 0. The number of carbonyl (C=O) groups is 1. The van der Waals surface area contributed by atoms with Gasteiger partial charge in [-0.15, -0.1) is 0 Å². The van der Waals surface area contributed by atoms with Gasteiger partial charge in [0.25, 0.3) is 0 Å². The van der Waals surface area contributed by atoms with Gasteiger partial charge in [-0.3, -0.25) is 4.79 Å². The lowest BCUT2D eigenvalue weighted by Gasteiger charge is -2.36. The second-order valence-corrected chi connectivity index (χ2v) is 4.29. The van der Waals surface area contributed by atoms with Crippen LogP contribution >= 0.6 is 0 Å². The Balaban J connectivity index is 2.30. The number of nitrogens with zero attached hydrogens (tertiary/aromatic N) is 1. The Bertz CT molecular complexity index is 389. The van der Waals surface area contributed by atoms with E-state index in [2.05, 4.69) is 24.4 Å². The van der Waals surface area contributed by atoms with Crippen LogP contribution in [0.2, 0.25) is 0 Å². The molecule has 2 rings (SSSR count). The maximum atomic E-state index is 11.6. The fourth-order valence-corrected chi connectivity index (χ4v) is 2.32. The maximum absolute atomic E-state index is 11.6. The molecule has 1 unspecified atom stereocenters. The molecule has 86 valence electrons. The van der Waals surface area contributed by atoms with Crippen LogP contribution in [-0.4, -0.2) is 30.4 Å². The number of benzene rings is 1. The average Bonchev–Trinajstić information content (AvgIpc) is 2.29. The summed E-state index contributed by atoms with van der Waals surface area (Å²) in [5, 5.41) is 3.35. The van der Waals surface area contributed by atoms with Crippen LogP contribution in [0.25, 0.3) is 0 Å². The standard InChI is InChI=1S/C13H18N2O/c1-10-5-3-4-6-12(10)13-9-14-7-8-15(13)11(2)16/h3-6,13-14H,7-9H2,1-2H3. The van der Waals surface area contributed by atoms with Crippen molar-refractivity contribution in [3.63, 3.8) is 0 Å². The molecule has 0 saturated carbocycles. The maximum Gasteiger partial charge on any atom is 0.220 e. The van der Waals surface area contributed by atoms with E-state index in [1.807, 2.05) is 17.0 Å². The first kappa shape index (κ1) is 11.1. The summed E-state index contributed by atoms with van der Waals surface area (Å²) < 4.78 is 0. The second kappa shape index (κ2) is 4.66. The number of hydrogen-bond donors (Lipinski definition) is 1. The number of hydrogen-bond acceptors (Lipinski definition) is 2. The molecule has 0 aliphatic carbocycles. The molecule has 1 fully saturated rings. The first-order valence-electron chi connectivity index (χ1n) is 5.73. The number of aryl methyl sites for hydroxylation is 1. The lowest BCUT2D eigenvalue weighted by molar-refractivity contribution is -0.132. The van der Waals surface area contributed by atoms with Crippen molar-refractivity contribution in [2.45, 2.75) is 19.9 Å². The van der Waals surface area contributed by atoms with Crippen molar-refractivity contribution in [2.24, 2.45) is 0 Å². The molecule has 1 atom stereocenters. The van der Waals surface area contributed by atoms with E-state index in [9.17, 15) is 4.79 Å². The topological polar surface area (TPSA) is 32.3 Å². The average molecular weight is 218 g/mol. The minimum Gasteiger partial charge on any atom is -0.333 e. The van der Waals surface area contributed by atoms with Crippen molar-refractivity contribution >= 4 is 5.91 Å². The van der Waals surface area contributed by atoms with Crippen LogP contribution in [0.3, 0.4) is 0 Å². The molecule has 16 heavy (non-hydrogen) atoms. The number of rotatable bonds is 1. The highest BCUT2D eigenvalue weighted by Crippen LogP contribution is 2.24. The van der Waals surface area contributed by atoms with Gasteiger partial charge < -0.3 is 10.2 Å². The highest BCUT2D eigenvalue weighted by atomic mass is 16.2. The fraction of sp³-hybridized carbons (Fsp3) is 0.462. The molecule has 1 amide bonds. The van der Waals surface area contributed by atoms with Gasteiger partial charge in [0.2, 0.25) is 5.91 Å². The third kappa shape index (κ3) is 2.09. The van der Waals surface area contributed by atoms with Crippen LogP contribution in [-0.2, 0) is 4.79 Å². The van der Waals surface area contributed by atoms with E-state index in [-0.39, 0.29) is 11.9 Å². The van der Waals surface area contributed by atoms with Gasteiger partial charge in [-0.2, -0.15) is 0 Å². The zero-order valence-corrected chi connectivity index (χ0v) is 9.86. The lowest BCUT2D eigenvalue weighted by Crippen LogP contribution is -2.48. The Hall–Kier alpha value is -1.35. The van der Waals surface area contributed by atoms with Crippen LogP contribution in [0.15, 0.2) is 24.3 Å². The highest BCUT2D eigenvalue weighted by molar-refractivity contribution is 5.74. The Kier molecular flexibility index (Phi) is 3.25. The molecular formula is C13H18N2O. The number of amides is 1. The van der Waals surface area contributed by atoms with Crippen molar-refractivity contribution in [3.8, 4) is 0 Å². The number of carbonyl (C=O) groups excluding carboxylic acids is 1. The zero-order valence-electron chi connectivity index (χ0n) is 9.86. The number of nitrogens with one attached hydrogen (secondary N) is 1. The Labute approximate surface area is 96.5 Å². The third-order valence-electron chi connectivity index (χ3n) is 3.20. The first-order valence-corrected chi connectivity index (χ1v) is 5.73. The number of piperazine rings is 1. The molecule has 0 bridgehead atoms. The van der Waals surface area contributed by atoms with Crippen molar-refractivity contribution < 1.29 is 4.79 Å². The van der Waals surface area contributed by atoms with E-state index in [1.54, 1.807) is 6.92 Å². The monoisotopic (exact) mass is 218 g/mol. The molecule has 0 aromatic heterocycles. The molecule has 1 aliphatic rings. The summed E-state index contributed by atoms with van der Waals surface area (Å²) in [6.07, 6.45) is 0. The molecule has 1 aromatic carbocycles. The molecule has 0 spiro atoms. The normalized spacial score (nSPS) is 20.9. The molecule has 1 heterocycles. The summed E-state index contributed by atoms with van der Waals surface area (Å²) in [6.45, 7) is 6.29. The van der Waals surface area contributed by atoms with Gasteiger partial charge in [-0.05, 0) is 18.1 Å². The zero-order chi connectivity index (χ0) is 11.5. The van der Waals surface area contributed by atoms with Crippen LogP contribution < -0.4 is 5.32 Å². The van der Waals surface area contributed by atoms with Gasteiger partial charge in [0.1, 0.15) is 0 Å². The molecule has 0 radical (unpaired) electrons. The molecule has 1 saturated heterocycles. The predicted octanol–water partition coefficient (Wildman–Crippen LogP) is 1.49. The smallest absolute Gasteiger partial charge is 0.220 e. The van der Waals surface area contributed by atoms with Gasteiger partial charge >= 0.3 is 0 Å². The van der Waals surface area contributed by atoms with E-state index in [1.165, 1.54) is 11.1 Å². The van der Waals surface area contributed by atoms with Crippen LogP contribution in [0, 0.1) is 6.92 Å². The highest BCUT2D eigenvalue weighted by Gasteiger charge is 2.26. The van der Waals surface area contributed by atoms with E-state index in [4.69, 9.17) is 0 Å². The third-order valence-corrected chi connectivity index (χ3v) is 3.20. The van der Waals surface area contributed by atoms with E-state index < -0.39 is 0 Å². The quantitative estimate of drug-likeness (QED) is 0.774. The van der Waals surface area contributed by atoms with Crippen LogP contribution in [0.5, 0.6) is 0 Å². The Morgan fingerprint density at radius 1 is 1.44 bits per heavy atom. The van der Waals surface area contributed by atoms with Crippen molar-refractivity contribution in [1.82, 2.24) is 10.2 Å². The molecular weight excluding hydrogens is 200 g/mol. The van der Waals surface area contributed by atoms with Crippen molar-refractivity contribution in [3.05, 3.63) is 35.4 Å². The summed E-state index contributed by atoms with van der Waals surface area (Å²) in [5.41, 5.74) is 2.51. The van der Waals surface area contributed by atoms with E-state index >= 15 is 0 Å². The van der Waals surface area contributed by atoms with E-state index in [0.717, 1.165) is 19.6 Å². The first-order chi connectivity index (χ1) is 7.70. The van der Waals surface area contributed by atoms with Gasteiger partial charge in [0.15, 0.2) is 0 Å². The molecule has 3 nitrogen and oxygen atoms in total. The van der Waals surface area contributed by atoms with Gasteiger partial charge in [0.05, 0.1) is 6.04 Å². The summed E-state index contributed by atoms with van der Waals surface area (Å²) >= 11 is 0. The van der Waals surface area contributed by atoms with Crippen molar-refractivity contribution in [2.75, 3.05) is 19.6 Å². The Morgan fingerprint density at radius 3 is 2.88 bits per heavy atom. The lowest BCUT2D eigenvalue weighted by atomic mass is 9.98. The minimum atomic E-state index is 0.162. The predicted molar refractivity (Wildman–Crippen MR) is 64.2 cm³/mol. The second-order valence-electron chi connectivity index (χ2n) is 4.29. The van der Waals surface area contributed by atoms with Crippen LogP contribution in [0.4, 0.5) is 0 Å². The van der Waals surface area contributed by atoms with E-state index in [0.29, 0.717) is 0 Å².